The molecule has 3 rings (SSSR count). The van der Waals surface area contributed by atoms with E-state index in [9.17, 15) is 18.0 Å². The number of hydrogen-bond donors (Lipinski definition) is 1. The largest absolute Gasteiger partial charge is 0.416 e. The van der Waals surface area contributed by atoms with E-state index < -0.39 is 17.6 Å². The van der Waals surface area contributed by atoms with Crippen LogP contribution in [0.1, 0.15) is 56.6 Å². The molecule has 29 heavy (non-hydrogen) atoms. The number of hydrogen-bond acceptors (Lipinski definition) is 4. The Bertz CT molecular complexity index is 885. The minimum atomic E-state index is -4.45. The summed E-state index contributed by atoms with van der Waals surface area (Å²) in [4.78, 5) is 15.0. The fourth-order valence-corrected chi connectivity index (χ4v) is 4.10. The van der Waals surface area contributed by atoms with Crippen LogP contribution in [0.15, 0.2) is 34.9 Å². The first-order valence-electron chi connectivity index (χ1n) is 9.49. The van der Waals surface area contributed by atoms with E-state index in [2.05, 4.69) is 50.1 Å². The monoisotopic (exact) mass is 409 g/mol. The van der Waals surface area contributed by atoms with Crippen molar-refractivity contribution in [2.75, 3.05) is 7.05 Å². The first-order valence-corrected chi connectivity index (χ1v) is 9.49. The van der Waals surface area contributed by atoms with Crippen molar-refractivity contribution >= 4 is 5.91 Å². The highest BCUT2D eigenvalue weighted by Gasteiger charge is 2.43. The Morgan fingerprint density at radius 2 is 1.79 bits per heavy atom. The van der Waals surface area contributed by atoms with Gasteiger partial charge in [-0.2, -0.15) is 13.2 Å². The highest BCUT2D eigenvalue weighted by atomic mass is 19.4. The van der Waals surface area contributed by atoms with Crippen LogP contribution in [-0.2, 0) is 6.18 Å². The number of benzene rings is 1. The van der Waals surface area contributed by atoms with E-state index in [0.29, 0.717) is 0 Å². The Labute approximate surface area is 168 Å². The number of carbonyl (C=O) groups excluding carboxylic acids is 1. The van der Waals surface area contributed by atoms with Gasteiger partial charge in [-0.1, -0.05) is 17.3 Å². The Hall–Kier alpha value is -2.35. The average molecular weight is 409 g/mol. The van der Waals surface area contributed by atoms with Crippen LogP contribution in [-0.4, -0.2) is 40.1 Å². The molecule has 1 aromatic heterocycles. The molecule has 0 atom stereocenters. The molecule has 2 aromatic rings. The molecule has 1 aliphatic rings. The number of piperidine rings is 1. The van der Waals surface area contributed by atoms with Gasteiger partial charge in [0.05, 0.1) is 5.56 Å². The van der Waals surface area contributed by atoms with Crippen LogP contribution in [0.5, 0.6) is 0 Å². The van der Waals surface area contributed by atoms with Crippen molar-refractivity contribution in [2.24, 2.45) is 0 Å². The summed E-state index contributed by atoms with van der Waals surface area (Å²) in [6.07, 6.45) is -2.90. The Balaban J connectivity index is 1.75. The fourth-order valence-electron chi connectivity index (χ4n) is 4.10. The first kappa shape index (κ1) is 21.4. The molecule has 0 spiro atoms. The number of carbonyl (C=O) groups is 1. The molecule has 8 heteroatoms. The molecule has 1 saturated heterocycles. The average Bonchev–Trinajstić information content (AvgIpc) is 3.09. The topological polar surface area (TPSA) is 58.4 Å². The van der Waals surface area contributed by atoms with Gasteiger partial charge < -0.3 is 9.84 Å². The highest BCUT2D eigenvalue weighted by Crippen LogP contribution is 2.37. The summed E-state index contributed by atoms with van der Waals surface area (Å²) in [5.74, 6) is -0.279. The Kier molecular flexibility index (Phi) is 5.28. The molecular formula is C21H26F3N3O2. The summed E-state index contributed by atoms with van der Waals surface area (Å²) in [5, 5.41) is 6.76. The van der Waals surface area contributed by atoms with Crippen molar-refractivity contribution in [3.05, 3.63) is 41.6 Å². The number of nitrogens with one attached hydrogen (secondary N) is 1. The summed E-state index contributed by atoms with van der Waals surface area (Å²) >= 11 is 0. The van der Waals surface area contributed by atoms with E-state index in [1.165, 1.54) is 18.2 Å². The predicted molar refractivity (Wildman–Crippen MR) is 103 cm³/mol. The summed E-state index contributed by atoms with van der Waals surface area (Å²) in [5.41, 5.74) is -0.701. The van der Waals surface area contributed by atoms with Gasteiger partial charge >= 0.3 is 6.18 Å². The SMILES string of the molecule is CN1C(C)(C)CC(NC(=O)c2cc(-c3cccc(C(F)(F)F)c3)on2)CC1(C)C. The minimum Gasteiger partial charge on any atom is -0.355 e. The van der Waals surface area contributed by atoms with Gasteiger partial charge in [-0.3, -0.25) is 9.69 Å². The number of nitrogens with zero attached hydrogens (tertiary/aromatic N) is 2. The quantitative estimate of drug-likeness (QED) is 0.795. The van der Waals surface area contributed by atoms with Gasteiger partial charge in [-0.25, -0.2) is 0 Å². The summed E-state index contributed by atoms with van der Waals surface area (Å²) in [6.45, 7) is 8.54. The fraction of sp³-hybridized carbons (Fsp3) is 0.524. The van der Waals surface area contributed by atoms with E-state index in [-0.39, 0.29) is 34.1 Å². The van der Waals surface area contributed by atoms with E-state index in [4.69, 9.17) is 4.52 Å². The number of amides is 1. The van der Waals surface area contributed by atoms with Crippen molar-refractivity contribution < 1.29 is 22.5 Å². The lowest BCUT2D eigenvalue weighted by Crippen LogP contribution is -2.62. The molecule has 1 aromatic carbocycles. The van der Waals surface area contributed by atoms with Crippen LogP contribution in [0.4, 0.5) is 13.2 Å². The maximum Gasteiger partial charge on any atom is 0.416 e. The molecule has 0 saturated carbocycles. The molecule has 158 valence electrons. The van der Waals surface area contributed by atoms with E-state index in [1.54, 1.807) is 0 Å². The smallest absolute Gasteiger partial charge is 0.355 e. The van der Waals surface area contributed by atoms with E-state index >= 15 is 0 Å². The van der Waals surface area contributed by atoms with Gasteiger partial charge in [-0.05, 0) is 59.7 Å². The number of likely N-dealkylation sites (tertiary alicyclic amines) is 1. The van der Waals surface area contributed by atoms with Crippen molar-refractivity contribution in [2.45, 2.75) is 63.8 Å². The highest BCUT2D eigenvalue weighted by molar-refractivity contribution is 5.93. The van der Waals surface area contributed by atoms with Crippen molar-refractivity contribution in [1.82, 2.24) is 15.4 Å². The van der Waals surface area contributed by atoms with Crippen LogP contribution in [0, 0.1) is 0 Å². The van der Waals surface area contributed by atoms with Gasteiger partial charge in [0.1, 0.15) is 0 Å². The van der Waals surface area contributed by atoms with Crippen LogP contribution in [0.25, 0.3) is 11.3 Å². The molecule has 1 fully saturated rings. The third kappa shape index (κ3) is 4.47. The molecule has 0 radical (unpaired) electrons. The molecule has 2 heterocycles. The van der Waals surface area contributed by atoms with Crippen molar-refractivity contribution in [1.29, 1.82) is 0 Å². The van der Waals surface area contributed by atoms with Gasteiger partial charge in [0.2, 0.25) is 0 Å². The van der Waals surface area contributed by atoms with Crippen molar-refractivity contribution in [3.63, 3.8) is 0 Å². The minimum absolute atomic E-state index is 0.0441. The standard InChI is InChI=1S/C21H26F3N3O2/c1-19(2)11-15(12-20(3,4)27(19)5)25-18(28)16-10-17(29-26-16)13-7-6-8-14(9-13)21(22,23)24/h6-10,15H,11-12H2,1-5H3,(H,25,28). The lowest BCUT2D eigenvalue weighted by atomic mass is 9.77. The van der Waals surface area contributed by atoms with Gasteiger partial charge in [0, 0.05) is 28.7 Å². The molecule has 5 nitrogen and oxygen atoms in total. The summed E-state index contributed by atoms with van der Waals surface area (Å²) < 4.78 is 43.9. The van der Waals surface area contributed by atoms with E-state index in [1.807, 2.05) is 0 Å². The molecule has 1 amide bonds. The summed E-state index contributed by atoms with van der Waals surface area (Å²) in [7, 11) is 2.08. The molecule has 1 aliphatic heterocycles. The zero-order valence-electron chi connectivity index (χ0n) is 17.2. The third-order valence-corrected chi connectivity index (χ3v) is 5.86. The number of aromatic nitrogens is 1. The second-order valence-electron chi connectivity index (χ2n) is 8.92. The van der Waals surface area contributed by atoms with Crippen LogP contribution in [0.3, 0.4) is 0 Å². The summed E-state index contributed by atoms with van der Waals surface area (Å²) in [6, 6.07) is 6.07. The lowest BCUT2D eigenvalue weighted by molar-refractivity contribution is -0.137. The predicted octanol–water partition coefficient (Wildman–Crippen LogP) is 4.74. The van der Waals surface area contributed by atoms with Crippen LogP contribution >= 0.6 is 0 Å². The first-order chi connectivity index (χ1) is 13.3. The number of halogens is 3. The normalized spacial score (nSPS) is 19.9. The zero-order valence-corrected chi connectivity index (χ0v) is 17.2. The Morgan fingerprint density at radius 3 is 2.38 bits per heavy atom. The molecular weight excluding hydrogens is 383 g/mol. The lowest BCUT2D eigenvalue weighted by Gasteiger charge is -2.53. The molecule has 0 aliphatic carbocycles. The van der Waals surface area contributed by atoms with Gasteiger partial charge in [0.25, 0.3) is 5.91 Å². The maximum atomic E-state index is 12.9. The Morgan fingerprint density at radius 1 is 1.17 bits per heavy atom. The van der Waals surface area contributed by atoms with E-state index in [0.717, 1.165) is 25.0 Å². The second-order valence-corrected chi connectivity index (χ2v) is 8.92. The zero-order chi connectivity index (χ0) is 21.6. The van der Waals surface area contributed by atoms with Gasteiger partial charge in [0.15, 0.2) is 11.5 Å². The molecule has 0 bridgehead atoms. The van der Waals surface area contributed by atoms with Gasteiger partial charge in [-0.15, -0.1) is 0 Å². The molecule has 1 N–H and O–H groups in total. The maximum absolute atomic E-state index is 12.9. The number of alkyl halides is 3. The van der Waals surface area contributed by atoms with Crippen LogP contribution in [0.2, 0.25) is 0 Å². The second kappa shape index (κ2) is 7.16. The number of rotatable bonds is 3. The third-order valence-electron chi connectivity index (χ3n) is 5.86. The molecule has 0 unspecified atom stereocenters. The van der Waals surface area contributed by atoms with Crippen LogP contribution < -0.4 is 5.32 Å². The van der Waals surface area contributed by atoms with Crippen molar-refractivity contribution in [3.8, 4) is 11.3 Å².